The van der Waals surface area contributed by atoms with Crippen LogP contribution < -0.4 is 10.7 Å². The Hall–Kier alpha value is -1.71. The lowest BCUT2D eigenvalue weighted by molar-refractivity contribution is 0.412. The number of nitrogens with one attached hydrogen (secondary N) is 2. The Morgan fingerprint density at radius 3 is 2.65 bits per heavy atom. The number of aromatic hydroxyl groups is 1. The van der Waals surface area contributed by atoms with Crippen molar-refractivity contribution in [2.75, 3.05) is 0 Å². The highest BCUT2D eigenvalue weighted by Gasteiger charge is 2.14. The van der Waals surface area contributed by atoms with E-state index in [0.717, 1.165) is 25.0 Å². The van der Waals surface area contributed by atoms with E-state index < -0.39 is 10.1 Å². The molecule has 1 fully saturated rings. The lowest BCUT2D eigenvalue weighted by Crippen LogP contribution is -2.40. The van der Waals surface area contributed by atoms with Crippen LogP contribution >= 0.6 is 12.2 Å². The lowest BCUT2D eigenvalue weighted by atomic mass is 9.96. The molecule has 0 radical (unpaired) electrons. The van der Waals surface area contributed by atoms with Crippen LogP contribution in [0, 0.1) is 0 Å². The predicted molar refractivity (Wildman–Crippen MR) is 91.3 cm³/mol. The molecule has 1 aromatic carbocycles. The summed E-state index contributed by atoms with van der Waals surface area (Å²) in [4.78, 5) is -0.320. The molecule has 0 amide bonds. The number of hydrogen-bond acceptors (Lipinski definition) is 5. The topological polar surface area (TPSA) is 111 Å². The van der Waals surface area contributed by atoms with E-state index in [4.69, 9.17) is 16.8 Å². The van der Waals surface area contributed by atoms with E-state index in [1.54, 1.807) is 0 Å². The summed E-state index contributed by atoms with van der Waals surface area (Å²) >= 11 is 5.13. The second kappa shape index (κ2) is 7.71. The maximum Gasteiger partial charge on any atom is 0.294 e. The van der Waals surface area contributed by atoms with E-state index in [1.165, 1.54) is 31.5 Å². The van der Waals surface area contributed by atoms with Crippen LogP contribution in [0.3, 0.4) is 0 Å². The molecule has 0 saturated heterocycles. The van der Waals surface area contributed by atoms with Crippen molar-refractivity contribution in [1.82, 2.24) is 10.7 Å². The van der Waals surface area contributed by atoms with E-state index in [1.807, 2.05) is 0 Å². The molecule has 1 aliphatic rings. The maximum absolute atomic E-state index is 11.1. The molecule has 0 spiro atoms. The van der Waals surface area contributed by atoms with Gasteiger partial charge in [0.2, 0.25) is 0 Å². The summed E-state index contributed by atoms with van der Waals surface area (Å²) in [5, 5.41) is 17.1. The molecule has 1 saturated carbocycles. The summed E-state index contributed by atoms with van der Waals surface area (Å²) in [6, 6.07) is 3.73. The third kappa shape index (κ3) is 5.45. The van der Waals surface area contributed by atoms with Gasteiger partial charge in [-0.05, 0) is 43.3 Å². The minimum absolute atomic E-state index is 0.146. The summed E-state index contributed by atoms with van der Waals surface area (Å²) in [6.07, 6.45) is 6.99. The first-order valence-electron chi connectivity index (χ1n) is 7.26. The first kappa shape index (κ1) is 17.6. The van der Waals surface area contributed by atoms with Crippen molar-refractivity contribution in [3.05, 3.63) is 23.8 Å². The summed E-state index contributed by atoms with van der Waals surface area (Å²) in [5.74, 6) is -0.158. The van der Waals surface area contributed by atoms with Gasteiger partial charge in [-0.2, -0.15) is 13.5 Å². The number of rotatable bonds is 4. The van der Waals surface area contributed by atoms with Gasteiger partial charge < -0.3 is 10.4 Å². The predicted octanol–water partition coefficient (Wildman–Crippen LogP) is 1.77. The van der Waals surface area contributed by atoms with E-state index in [-0.39, 0.29) is 16.2 Å². The van der Waals surface area contributed by atoms with E-state index in [2.05, 4.69) is 15.8 Å². The zero-order chi connectivity index (χ0) is 16.9. The van der Waals surface area contributed by atoms with Crippen LogP contribution in [0.1, 0.15) is 37.7 Å². The van der Waals surface area contributed by atoms with E-state index >= 15 is 0 Å². The van der Waals surface area contributed by atoms with Crippen LogP contribution in [0.25, 0.3) is 0 Å². The molecule has 2 rings (SSSR count). The average Bonchev–Trinajstić information content (AvgIpc) is 2.49. The first-order chi connectivity index (χ1) is 10.9. The zero-order valence-electron chi connectivity index (χ0n) is 12.4. The van der Waals surface area contributed by atoms with Gasteiger partial charge in [0.25, 0.3) is 10.1 Å². The lowest BCUT2D eigenvalue weighted by Gasteiger charge is -2.23. The van der Waals surface area contributed by atoms with Gasteiger partial charge in [0.15, 0.2) is 5.11 Å². The van der Waals surface area contributed by atoms with Gasteiger partial charge in [0.1, 0.15) is 5.75 Å². The fraction of sp³-hybridized carbons (Fsp3) is 0.429. The molecule has 4 N–H and O–H groups in total. The zero-order valence-corrected chi connectivity index (χ0v) is 14.0. The van der Waals surface area contributed by atoms with Gasteiger partial charge in [0.05, 0.1) is 11.1 Å². The van der Waals surface area contributed by atoms with Gasteiger partial charge >= 0.3 is 0 Å². The molecule has 0 bridgehead atoms. The highest BCUT2D eigenvalue weighted by atomic mass is 32.2. The van der Waals surface area contributed by atoms with Gasteiger partial charge in [-0.1, -0.05) is 19.3 Å². The Labute approximate surface area is 140 Å². The van der Waals surface area contributed by atoms with Crippen molar-refractivity contribution < 1.29 is 18.1 Å². The quantitative estimate of drug-likeness (QED) is 0.281. The van der Waals surface area contributed by atoms with Gasteiger partial charge in [0, 0.05) is 11.6 Å². The highest BCUT2D eigenvalue weighted by molar-refractivity contribution is 7.85. The summed E-state index contributed by atoms with van der Waals surface area (Å²) in [7, 11) is -4.33. The Morgan fingerprint density at radius 1 is 1.30 bits per heavy atom. The molecule has 1 aromatic rings. The number of benzene rings is 1. The molecule has 0 atom stereocenters. The SMILES string of the molecule is O=S(=O)(O)c1ccc(O)c(/C=N/NC(=S)NC2CCCCC2)c1. The second-order valence-corrected chi connectivity index (χ2v) is 7.20. The van der Waals surface area contributed by atoms with Gasteiger partial charge in [-0.15, -0.1) is 0 Å². The van der Waals surface area contributed by atoms with Gasteiger partial charge in [-0.25, -0.2) is 0 Å². The monoisotopic (exact) mass is 357 g/mol. The van der Waals surface area contributed by atoms with E-state index in [0.29, 0.717) is 11.2 Å². The highest BCUT2D eigenvalue weighted by Crippen LogP contribution is 2.19. The van der Waals surface area contributed by atoms with Crippen LogP contribution in [0.5, 0.6) is 5.75 Å². The Morgan fingerprint density at radius 2 is 2.00 bits per heavy atom. The smallest absolute Gasteiger partial charge is 0.294 e. The van der Waals surface area contributed by atoms with Crippen LogP contribution in [0.2, 0.25) is 0 Å². The van der Waals surface area contributed by atoms with Crippen molar-refractivity contribution in [2.45, 2.75) is 43.0 Å². The van der Waals surface area contributed by atoms with Crippen LogP contribution in [-0.2, 0) is 10.1 Å². The Bertz CT molecular complexity index is 698. The largest absolute Gasteiger partial charge is 0.507 e. The van der Waals surface area contributed by atoms with Crippen LogP contribution in [0.15, 0.2) is 28.2 Å². The minimum Gasteiger partial charge on any atom is -0.507 e. The summed E-state index contributed by atoms with van der Waals surface area (Å²) in [5.41, 5.74) is 2.78. The molecule has 0 heterocycles. The standard InChI is InChI=1S/C14H19N3O4S2/c18-13-7-6-12(23(19,20)21)8-10(13)9-15-17-14(22)16-11-4-2-1-3-5-11/h6-9,11,18H,1-5H2,(H2,16,17,22)(H,19,20,21)/b15-9+. The van der Waals surface area contributed by atoms with Crippen LogP contribution in [0.4, 0.5) is 0 Å². The molecule has 0 unspecified atom stereocenters. The summed E-state index contributed by atoms with van der Waals surface area (Å²) < 4.78 is 31.2. The fourth-order valence-electron chi connectivity index (χ4n) is 2.42. The van der Waals surface area contributed by atoms with E-state index in [9.17, 15) is 13.5 Å². The number of phenolic OH excluding ortho intramolecular Hbond substituents is 1. The first-order valence-corrected chi connectivity index (χ1v) is 9.11. The summed E-state index contributed by atoms with van der Waals surface area (Å²) in [6.45, 7) is 0. The molecule has 9 heteroatoms. The van der Waals surface area contributed by atoms with Crippen LogP contribution in [-0.4, -0.2) is 35.4 Å². The molecule has 23 heavy (non-hydrogen) atoms. The minimum atomic E-state index is -4.33. The fourth-order valence-corrected chi connectivity index (χ4v) is 3.16. The number of phenols is 1. The molecular weight excluding hydrogens is 338 g/mol. The third-order valence-corrected chi connectivity index (χ3v) is 4.67. The average molecular weight is 357 g/mol. The Balaban J connectivity index is 1.95. The van der Waals surface area contributed by atoms with Crippen molar-refractivity contribution in [1.29, 1.82) is 0 Å². The number of hydrazone groups is 1. The third-order valence-electron chi connectivity index (χ3n) is 3.61. The van der Waals surface area contributed by atoms with Crippen molar-refractivity contribution >= 4 is 33.7 Å². The molecule has 1 aliphatic carbocycles. The molecule has 7 nitrogen and oxygen atoms in total. The maximum atomic E-state index is 11.1. The number of thiocarbonyl (C=S) groups is 1. The normalized spacial score (nSPS) is 16.4. The number of hydrogen-bond donors (Lipinski definition) is 4. The van der Waals surface area contributed by atoms with Gasteiger partial charge in [-0.3, -0.25) is 9.98 Å². The molecule has 0 aliphatic heterocycles. The molecule has 126 valence electrons. The number of nitrogens with zero attached hydrogens (tertiary/aromatic N) is 1. The molecule has 0 aromatic heterocycles. The Kier molecular flexibility index (Phi) is 5.91. The molecular formula is C14H19N3O4S2. The van der Waals surface area contributed by atoms with Crippen molar-refractivity contribution in [3.8, 4) is 5.75 Å². The van der Waals surface area contributed by atoms with Crippen molar-refractivity contribution in [2.24, 2.45) is 5.10 Å². The second-order valence-electron chi connectivity index (χ2n) is 5.37. The van der Waals surface area contributed by atoms with Crippen molar-refractivity contribution in [3.63, 3.8) is 0 Å².